The topological polar surface area (TPSA) is 29.1 Å². The van der Waals surface area contributed by atoms with Crippen molar-refractivity contribution < 1.29 is 9.18 Å². The lowest BCUT2D eigenvalue weighted by Crippen LogP contribution is -2.25. The van der Waals surface area contributed by atoms with Crippen LogP contribution in [-0.2, 0) is 19.4 Å². The lowest BCUT2D eigenvalue weighted by Gasteiger charge is -2.19. The molecule has 1 heterocycles. The summed E-state index contributed by atoms with van der Waals surface area (Å²) in [6.07, 6.45) is 1.13. The molecule has 3 heteroatoms. The summed E-state index contributed by atoms with van der Waals surface area (Å²) in [5.74, 6) is -0.232. The van der Waals surface area contributed by atoms with Crippen LogP contribution in [0.5, 0.6) is 0 Å². The van der Waals surface area contributed by atoms with E-state index in [1.165, 1.54) is 17.7 Å². The summed E-state index contributed by atoms with van der Waals surface area (Å²) in [6.45, 7) is 1.72. The van der Waals surface area contributed by atoms with Crippen molar-refractivity contribution in [2.75, 3.05) is 6.54 Å². The Morgan fingerprint density at radius 3 is 2.90 bits per heavy atom. The first-order valence-corrected chi connectivity index (χ1v) is 6.83. The molecule has 3 rings (SSSR count). The minimum atomic E-state index is -0.297. The Morgan fingerprint density at radius 2 is 2.05 bits per heavy atom. The first-order chi connectivity index (χ1) is 9.74. The highest BCUT2D eigenvalue weighted by molar-refractivity contribution is 5.99. The molecule has 0 unspecified atom stereocenters. The van der Waals surface area contributed by atoms with Crippen LogP contribution in [0.3, 0.4) is 0 Å². The van der Waals surface area contributed by atoms with Crippen molar-refractivity contribution in [2.24, 2.45) is 0 Å². The number of rotatable bonds is 3. The Morgan fingerprint density at radius 1 is 1.20 bits per heavy atom. The molecule has 102 valence electrons. The van der Waals surface area contributed by atoms with E-state index in [9.17, 15) is 9.18 Å². The second kappa shape index (κ2) is 5.55. The zero-order chi connectivity index (χ0) is 13.9. The fourth-order valence-electron chi connectivity index (χ4n) is 2.72. The molecule has 0 aliphatic carbocycles. The molecule has 0 saturated carbocycles. The molecule has 0 fully saturated rings. The Labute approximate surface area is 117 Å². The predicted octanol–water partition coefficient (Wildman–Crippen LogP) is 2.90. The predicted molar refractivity (Wildman–Crippen MR) is 76.3 cm³/mol. The van der Waals surface area contributed by atoms with Crippen molar-refractivity contribution in [3.63, 3.8) is 0 Å². The molecule has 20 heavy (non-hydrogen) atoms. The van der Waals surface area contributed by atoms with Crippen molar-refractivity contribution in [1.29, 1.82) is 0 Å². The van der Waals surface area contributed by atoms with E-state index in [0.717, 1.165) is 36.2 Å². The standard InChI is InChI=1S/C17H16FNO/c18-14-5-1-3-12(9-14)10-17(20)16-6-2-4-13-11-19-8-7-15(13)16/h1-6,9,19H,7-8,10-11H2. The highest BCUT2D eigenvalue weighted by Crippen LogP contribution is 2.20. The highest BCUT2D eigenvalue weighted by Gasteiger charge is 2.17. The number of fused-ring (bicyclic) bond motifs is 1. The summed E-state index contributed by atoms with van der Waals surface area (Å²) in [7, 11) is 0. The van der Waals surface area contributed by atoms with E-state index in [1.807, 2.05) is 12.1 Å². The minimum absolute atomic E-state index is 0.0642. The van der Waals surface area contributed by atoms with Crippen LogP contribution in [0.2, 0.25) is 0 Å². The van der Waals surface area contributed by atoms with Crippen LogP contribution < -0.4 is 5.32 Å². The molecule has 0 bridgehead atoms. The summed E-state index contributed by atoms with van der Waals surface area (Å²) in [5, 5.41) is 3.30. The van der Waals surface area contributed by atoms with Crippen molar-refractivity contribution in [3.05, 3.63) is 70.5 Å². The maximum absolute atomic E-state index is 13.2. The van der Waals surface area contributed by atoms with E-state index in [-0.39, 0.29) is 18.0 Å². The molecule has 0 saturated heterocycles. The van der Waals surface area contributed by atoms with Gasteiger partial charge in [-0.3, -0.25) is 4.79 Å². The minimum Gasteiger partial charge on any atom is -0.312 e. The zero-order valence-electron chi connectivity index (χ0n) is 11.2. The lowest BCUT2D eigenvalue weighted by molar-refractivity contribution is 0.0992. The molecule has 2 aromatic rings. The molecule has 0 amide bonds. The monoisotopic (exact) mass is 269 g/mol. The van der Waals surface area contributed by atoms with Gasteiger partial charge < -0.3 is 5.32 Å². The third-order valence-corrected chi connectivity index (χ3v) is 3.69. The van der Waals surface area contributed by atoms with Gasteiger partial charge in [-0.15, -0.1) is 0 Å². The molecule has 1 aliphatic rings. The Hall–Kier alpha value is -2.00. The number of benzene rings is 2. The summed E-state index contributed by atoms with van der Waals surface area (Å²) in [5.41, 5.74) is 3.85. The number of carbonyl (C=O) groups excluding carboxylic acids is 1. The fourth-order valence-corrected chi connectivity index (χ4v) is 2.72. The Balaban J connectivity index is 1.88. The molecule has 1 N–H and O–H groups in total. The molecule has 1 aliphatic heterocycles. The van der Waals surface area contributed by atoms with E-state index in [2.05, 4.69) is 11.4 Å². The van der Waals surface area contributed by atoms with Crippen LogP contribution in [0, 0.1) is 5.82 Å². The molecule has 2 nitrogen and oxygen atoms in total. The third-order valence-electron chi connectivity index (χ3n) is 3.69. The fraction of sp³-hybridized carbons (Fsp3) is 0.235. The first-order valence-electron chi connectivity index (χ1n) is 6.83. The van der Waals surface area contributed by atoms with Gasteiger partial charge in [-0.1, -0.05) is 30.3 Å². The normalized spacial score (nSPS) is 13.8. The number of ketones is 1. The molecule has 0 spiro atoms. The second-order valence-electron chi connectivity index (χ2n) is 5.10. The molecular weight excluding hydrogens is 253 g/mol. The van der Waals surface area contributed by atoms with E-state index >= 15 is 0 Å². The van der Waals surface area contributed by atoms with Crippen LogP contribution in [0.15, 0.2) is 42.5 Å². The zero-order valence-corrected chi connectivity index (χ0v) is 11.2. The van der Waals surface area contributed by atoms with Crippen molar-refractivity contribution >= 4 is 5.78 Å². The van der Waals surface area contributed by atoms with Gasteiger partial charge in [-0.05, 0) is 41.8 Å². The third kappa shape index (κ3) is 2.63. The van der Waals surface area contributed by atoms with Gasteiger partial charge in [0.25, 0.3) is 0 Å². The van der Waals surface area contributed by atoms with E-state index < -0.39 is 0 Å². The number of hydrogen-bond acceptors (Lipinski definition) is 2. The van der Waals surface area contributed by atoms with Crippen LogP contribution in [-0.4, -0.2) is 12.3 Å². The van der Waals surface area contributed by atoms with Crippen LogP contribution in [0.1, 0.15) is 27.0 Å². The summed E-state index contributed by atoms with van der Waals surface area (Å²) < 4.78 is 13.2. The average Bonchev–Trinajstić information content (AvgIpc) is 2.46. The average molecular weight is 269 g/mol. The van der Waals surface area contributed by atoms with Crippen LogP contribution in [0.25, 0.3) is 0 Å². The highest BCUT2D eigenvalue weighted by atomic mass is 19.1. The second-order valence-corrected chi connectivity index (χ2v) is 5.10. The summed E-state index contributed by atoms with van der Waals surface area (Å²) in [6, 6.07) is 12.1. The molecule has 0 aromatic heterocycles. The smallest absolute Gasteiger partial charge is 0.167 e. The summed E-state index contributed by atoms with van der Waals surface area (Å²) >= 11 is 0. The summed E-state index contributed by atoms with van der Waals surface area (Å²) in [4.78, 5) is 12.5. The SMILES string of the molecule is O=C(Cc1cccc(F)c1)c1cccc2c1CCNC2. The lowest BCUT2D eigenvalue weighted by atomic mass is 9.91. The van der Waals surface area contributed by atoms with Gasteiger partial charge in [-0.2, -0.15) is 0 Å². The van der Waals surface area contributed by atoms with Gasteiger partial charge in [0.05, 0.1) is 0 Å². The van der Waals surface area contributed by atoms with Gasteiger partial charge in [0, 0.05) is 18.5 Å². The number of nitrogens with one attached hydrogen (secondary N) is 1. The van der Waals surface area contributed by atoms with E-state index in [4.69, 9.17) is 0 Å². The maximum atomic E-state index is 13.2. The van der Waals surface area contributed by atoms with E-state index in [0.29, 0.717) is 0 Å². The molecule has 0 atom stereocenters. The maximum Gasteiger partial charge on any atom is 0.167 e. The Kier molecular flexibility index (Phi) is 3.61. The number of halogens is 1. The van der Waals surface area contributed by atoms with E-state index in [1.54, 1.807) is 12.1 Å². The van der Waals surface area contributed by atoms with Crippen LogP contribution in [0.4, 0.5) is 4.39 Å². The number of Topliss-reactive ketones (excluding diaryl/α,β-unsaturated/α-hetero) is 1. The van der Waals surface area contributed by atoms with Gasteiger partial charge >= 0.3 is 0 Å². The van der Waals surface area contributed by atoms with Crippen molar-refractivity contribution in [1.82, 2.24) is 5.32 Å². The van der Waals surface area contributed by atoms with Gasteiger partial charge in [0.1, 0.15) is 5.82 Å². The van der Waals surface area contributed by atoms with Crippen molar-refractivity contribution in [3.8, 4) is 0 Å². The Bertz CT molecular complexity index is 651. The molecular formula is C17H16FNO. The largest absolute Gasteiger partial charge is 0.312 e. The molecule has 2 aromatic carbocycles. The number of hydrogen-bond donors (Lipinski definition) is 1. The van der Waals surface area contributed by atoms with Gasteiger partial charge in [0.2, 0.25) is 0 Å². The van der Waals surface area contributed by atoms with Crippen molar-refractivity contribution in [2.45, 2.75) is 19.4 Å². The molecule has 0 radical (unpaired) electrons. The van der Waals surface area contributed by atoms with Gasteiger partial charge in [-0.25, -0.2) is 4.39 Å². The quantitative estimate of drug-likeness (QED) is 0.868. The van der Waals surface area contributed by atoms with Gasteiger partial charge in [0.15, 0.2) is 5.78 Å². The number of carbonyl (C=O) groups is 1. The first kappa shape index (κ1) is 13.0. The van der Waals surface area contributed by atoms with Crippen LogP contribution >= 0.6 is 0 Å².